The topological polar surface area (TPSA) is 71.7 Å². The van der Waals surface area contributed by atoms with Crippen LogP contribution in [0.4, 0.5) is 0 Å². The van der Waals surface area contributed by atoms with E-state index in [0.29, 0.717) is 24.1 Å². The number of carbonyl (C=O) groups excluding carboxylic acids is 2. The second kappa shape index (κ2) is 15.8. The molecule has 0 aromatic heterocycles. The Morgan fingerprint density at radius 2 is 1.30 bits per heavy atom. The van der Waals surface area contributed by atoms with Gasteiger partial charge in [-0.1, -0.05) is 30.7 Å². The summed E-state index contributed by atoms with van der Waals surface area (Å²) in [5.41, 5.74) is 0.836. The van der Waals surface area contributed by atoms with E-state index in [4.69, 9.17) is 0 Å². The second-order valence-corrected chi connectivity index (χ2v) is 5.75. The molecule has 2 aromatic carbocycles. The smallest absolute Gasteiger partial charge is 0.635 e. The first-order valence-corrected chi connectivity index (χ1v) is 7.42. The molecule has 2 heterocycles. The van der Waals surface area contributed by atoms with Crippen LogP contribution >= 0.6 is 0 Å². The van der Waals surface area contributed by atoms with Crippen LogP contribution in [0.1, 0.15) is 33.6 Å². The molecule has 5 nitrogen and oxygen atoms in total. The fourth-order valence-electron chi connectivity index (χ4n) is 3.30. The Morgan fingerprint density at radius 3 is 1.70 bits per heavy atom. The summed E-state index contributed by atoms with van der Waals surface area (Å²) >= 11 is 0. The maximum absolute atomic E-state index is 12.6. The fourth-order valence-corrected chi connectivity index (χ4v) is 3.30. The van der Waals surface area contributed by atoms with Crippen molar-refractivity contribution < 1.29 is 53.7 Å². The summed E-state index contributed by atoms with van der Waals surface area (Å²) in [6, 6.07) is 10.6. The van der Waals surface area contributed by atoms with Crippen LogP contribution in [0.5, 0.6) is 0 Å². The molecule has 1 N–H and O–H groups in total. The van der Waals surface area contributed by atoms with Crippen LogP contribution in [-0.2, 0) is 39.0 Å². The van der Waals surface area contributed by atoms with E-state index < -0.39 is 12.3 Å². The molecule has 2 amide bonds. The van der Waals surface area contributed by atoms with Gasteiger partial charge in [-0.15, -0.1) is 6.54 Å². The molecule has 0 bridgehead atoms. The van der Waals surface area contributed by atoms with Crippen LogP contribution in [0.15, 0.2) is 36.4 Å². The number of hydrogen-bond acceptors (Lipinski definition) is 3. The average molecular weight is 591 g/mol. The van der Waals surface area contributed by atoms with Gasteiger partial charge in [0, 0.05) is 25.5 Å². The van der Waals surface area contributed by atoms with E-state index >= 15 is 0 Å². The molecule has 7 heteroatoms. The van der Waals surface area contributed by atoms with Crippen LogP contribution in [0.2, 0.25) is 0 Å². The number of imide groups is 1. The van der Waals surface area contributed by atoms with Gasteiger partial charge in [-0.2, -0.15) is 0 Å². The molecule has 2 aliphatic heterocycles. The van der Waals surface area contributed by atoms with E-state index in [1.165, 1.54) is 4.90 Å². The molecule has 0 aliphatic carbocycles. The summed E-state index contributed by atoms with van der Waals surface area (Å²) in [5, 5.41) is 15.9. The van der Waals surface area contributed by atoms with Crippen molar-refractivity contribution in [2.24, 2.45) is 0 Å². The van der Waals surface area contributed by atoms with Crippen molar-refractivity contribution in [1.29, 1.82) is 0 Å². The molecule has 1 unspecified atom stereocenters. The van der Waals surface area contributed by atoms with Gasteiger partial charge in [-0.05, 0) is 35.6 Å². The number of amides is 2. The largest absolute Gasteiger partial charge is 3.00 e. The quantitative estimate of drug-likeness (QED) is 0.289. The summed E-state index contributed by atoms with van der Waals surface area (Å²) in [7, 11) is 0. The van der Waals surface area contributed by atoms with Gasteiger partial charge in [0.05, 0.1) is 11.1 Å². The van der Waals surface area contributed by atoms with E-state index in [2.05, 4.69) is 5.32 Å². The summed E-state index contributed by atoms with van der Waals surface area (Å²) < 4.78 is 0. The Morgan fingerprint density at radius 1 is 0.867 bits per heavy atom. The van der Waals surface area contributed by atoms with E-state index in [0.717, 1.165) is 17.2 Å². The van der Waals surface area contributed by atoms with Crippen molar-refractivity contribution >= 4 is 22.6 Å². The minimum absolute atomic E-state index is 0. The average Bonchev–Trinajstić information content (AvgIpc) is 2.77. The number of benzene rings is 2. The number of rotatable bonds is 1. The summed E-state index contributed by atoms with van der Waals surface area (Å²) in [6.45, 7) is 0.574. The van der Waals surface area contributed by atoms with Crippen LogP contribution in [0, 0.1) is 44.6 Å². The van der Waals surface area contributed by atoms with Crippen molar-refractivity contribution in [2.45, 2.75) is 25.1 Å². The fraction of sp³-hybridized carbons (Fsp3) is 0.217. The predicted octanol–water partition coefficient (Wildman–Crippen LogP) is 4.99. The SMILES string of the molecule is O=C1c2cc3ccccc3cc2C(=O)N1[C@H]1CCC[N-]C1O.[CH3-].[CH3-].[CH3-].[CH3-].[CH3-].[CH3-].[Rh+3].[Rh]. The van der Waals surface area contributed by atoms with E-state index in [9.17, 15) is 14.7 Å². The van der Waals surface area contributed by atoms with Gasteiger partial charge in [0.25, 0.3) is 11.8 Å². The predicted molar refractivity (Wildman–Crippen MR) is 120 cm³/mol. The molecule has 0 saturated carbocycles. The van der Waals surface area contributed by atoms with Gasteiger partial charge >= 0.3 is 19.5 Å². The Kier molecular flexibility index (Phi) is 20.7. The zero-order chi connectivity index (χ0) is 15.3. The molecule has 0 spiro atoms. The zero-order valence-electron chi connectivity index (χ0n) is 18.6. The number of hydrogen-bond donors (Lipinski definition) is 1. The Bertz CT molecular complexity index is 745. The number of nitrogens with zero attached hydrogens (tertiary/aromatic N) is 2. The van der Waals surface area contributed by atoms with Crippen molar-refractivity contribution in [3.63, 3.8) is 0 Å². The van der Waals surface area contributed by atoms with E-state index in [-0.39, 0.29) is 95.3 Å². The molecule has 1 radical (unpaired) electrons. The molecule has 1 fully saturated rings. The molecule has 2 aromatic rings. The molecule has 4 rings (SSSR count). The van der Waals surface area contributed by atoms with Crippen molar-refractivity contribution in [2.75, 3.05) is 6.54 Å². The summed E-state index contributed by atoms with van der Waals surface area (Å²) in [4.78, 5) is 26.5. The maximum atomic E-state index is 12.6. The monoisotopic (exact) mass is 591 g/mol. The number of fused-ring (bicyclic) bond motifs is 2. The first kappa shape index (κ1) is 39.5. The molecular formula is C23H33N2O3Rh2-4. The van der Waals surface area contributed by atoms with Crippen molar-refractivity contribution in [3.05, 3.63) is 97.4 Å². The van der Waals surface area contributed by atoms with Crippen molar-refractivity contribution in [1.82, 2.24) is 4.90 Å². The molecule has 175 valence electrons. The van der Waals surface area contributed by atoms with Crippen molar-refractivity contribution in [3.8, 4) is 0 Å². The van der Waals surface area contributed by atoms with Gasteiger partial charge in [-0.3, -0.25) is 14.5 Å². The Hall–Kier alpha value is -0.993. The van der Waals surface area contributed by atoms with Crippen LogP contribution in [-0.4, -0.2) is 40.6 Å². The van der Waals surface area contributed by atoms with Gasteiger partial charge in [-0.25, -0.2) is 0 Å². The second-order valence-electron chi connectivity index (χ2n) is 5.75. The molecule has 30 heavy (non-hydrogen) atoms. The van der Waals surface area contributed by atoms with Gasteiger partial charge in [0.1, 0.15) is 0 Å². The van der Waals surface area contributed by atoms with E-state index in [1.54, 1.807) is 12.1 Å². The standard InChI is InChI=1S/C17H15N2O3.6CH3.2Rh/c20-15-14(6-3-7-18-15)19-16(21)12-8-10-4-1-2-5-11(10)9-13(12)17(19)22;;;;;;;;/h1-2,4-5,8-9,14-15,20H,3,6-7H2;6*1H3;;/q7*-1;;+3/t14-,15?;;;;;;;;/m0......../s1. The Labute approximate surface area is 209 Å². The number of piperidine rings is 1. The Balaban J connectivity index is -0.000000260. The van der Waals surface area contributed by atoms with Gasteiger partial charge in [0.15, 0.2) is 0 Å². The number of carbonyl (C=O) groups is 2. The first-order chi connectivity index (χ1) is 10.7. The number of aliphatic hydroxyl groups excluding tert-OH is 1. The third-order valence-corrected chi connectivity index (χ3v) is 4.43. The van der Waals surface area contributed by atoms with Crippen LogP contribution < -0.4 is 0 Å². The third kappa shape index (κ3) is 6.50. The maximum Gasteiger partial charge on any atom is 3.00 e. The molecule has 2 aliphatic rings. The third-order valence-electron chi connectivity index (χ3n) is 4.43. The van der Waals surface area contributed by atoms with Crippen LogP contribution in [0.25, 0.3) is 16.1 Å². The van der Waals surface area contributed by atoms with Gasteiger partial charge < -0.3 is 55.0 Å². The molecule has 1 saturated heterocycles. The minimum Gasteiger partial charge on any atom is -0.635 e. The van der Waals surface area contributed by atoms with Gasteiger partial charge in [0.2, 0.25) is 0 Å². The normalized spacial score (nSPS) is 18.2. The number of aliphatic hydroxyl groups is 1. The van der Waals surface area contributed by atoms with Crippen LogP contribution in [0.3, 0.4) is 0 Å². The molecule has 2 atom stereocenters. The first-order valence-electron chi connectivity index (χ1n) is 7.42. The zero-order valence-corrected chi connectivity index (χ0v) is 21.8. The summed E-state index contributed by atoms with van der Waals surface area (Å²) in [5.74, 6) is -0.654. The summed E-state index contributed by atoms with van der Waals surface area (Å²) in [6.07, 6.45) is 0.387. The molecular weight excluding hydrogens is 558 g/mol. The minimum atomic E-state index is -0.981. The van der Waals surface area contributed by atoms with E-state index in [1.807, 2.05) is 24.3 Å².